The molecule has 0 bridgehead atoms. The molecule has 0 aliphatic carbocycles. The lowest BCUT2D eigenvalue weighted by molar-refractivity contribution is -0.137. The van der Waals surface area contributed by atoms with Gasteiger partial charge in [0.25, 0.3) is 11.1 Å². The van der Waals surface area contributed by atoms with E-state index in [-0.39, 0.29) is 13.2 Å². The lowest BCUT2D eigenvalue weighted by Gasteiger charge is -2.15. The highest BCUT2D eigenvalue weighted by Crippen LogP contribution is 2.39. The fraction of sp³-hybridized carbons (Fsp3) is 0.162. The highest BCUT2D eigenvalue weighted by atomic mass is 19.4. The van der Waals surface area contributed by atoms with Gasteiger partial charge in [0.2, 0.25) is 0 Å². The van der Waals surface area contributed by atoms with Gasteiger partial charge < -0.3 is 9.15 Å². The summed E-state index contributed by atoms with van der Waals surface area (Å²) in [6.07, 6.45) is -3.20. The highest BCUT2D eigenvalue weighted by Gasteiger charge is 2.30. The fourth-order valence-electron chi connectivity index (χ4n) is 6.31. The Balaban J connectivity index is 1.25. The van der Waals surface area contributed by atoms with Gasteiger partial charge in [-0.1, -0.05) is 24.3 Å². The second-order valence-electron chi connectivity index (χ2n) is 11.5. The smallest absolute Gasteiger partial charge is 0.416 e. The van der Waals surface area contributed by atoms with E-state index in [1.54, 1.807) is 42.5 Å². The summed E-state index contributed by atoms with van der Waals surface area (Å²) < 4.78 is 52.6. The number of benzene rings is 5. The maximum Gasteiger partial charge on any atom is 0.416 e. The van der Waals surface area contributed by atoms with Crippen molar-refractivity contribution in [1.29, 1.82) is 0 Å². The van der Waals surface area contributed by atoms with Crippen LogP contribution in [0.25, 0.3) is 54.6 Å². The van der Waals surface area contributed by atoms with E-state index in [4.69, 9.17) is 9.15 Å². The molecule has 0 aliphatic heterocycles. The van der Waals surface area contributed by atoms with E-state index in [9.17, 15) is 27.6 Å². The number of alkyl halides is 3. The molecule has 0 spiro atoms. The number of aryl methyl sites for hydroxylation is 2. The number of halogens is 3. The van der Waals surface area contributed by atoms with Crippen molar-refractivity contribution in [3.05, 3.63) is 122 Å². The molecule has 2 heterocycles. The van der Waals surface area contributed by atoms with E-state index >= 15 is 0 Å². The third-order valence-corrected chi connectivity index (χ3v) is 8.59. The molecule has 0 saturated heterocycles. The average molecular weight is 622 g/mol. The number of nitrogens with zero attached hydrogens (tertiary/aromatic N) is 1. The van der Waals surface area contributed by atoms with Crippen LogP contribution in [0.5, 0.6) is 5.75 Å². The van der Waals surface area contributed by atoms with Gasteiger partial charge in [0, 0.05) is 39.0 Å². The van der Waals surface area contributed by atoms with E-state index in [0.717, 1.165) is 34.9 Å². The van der Waals surface area contributed by atoms with Crippen LogP contribution < -0.4 is 15.9 Å². The van der Waals surface area contributed by atoms with E-state index in [2.05, 4.69) is 0 Å². The zero-order valence-corrected chi connectivity index (χ0v) is 24.8. The number of ether oxygens (including phenoxy) is 1. The summed E-state index contributed by atoms with van der Waals surface area (Å²) in [6.45, 7) is 4.10. The van der Waals surface area contributed by atoms with Crippen LogP contribution in [0, 0.1) is 13.8 Å². The molecule has 9 heteroatoms. The standard InChI is InChI=1S/C37H26F3NO5/c1-20-16-25(17-21(2)30(20)19-42)45-15-3-14-41-35(43)27-10-9-26-29-18-23(22-4-7-24(8-5-22)37(38,39)40)6-12-31(29)46-32-13-11-28(36(41)44)33(27)34(26)32/h4-13,16-19H,3,14-15H2,1-2H3. The summed E-state index contributed by atoms with van der Waals surface area (Å²) in [5, 5.41) is 3.40. The maximum absolute atomic E-state index is 13.7. The third-order valence-electron chi connectivity index (χ3n) is 8.59. The second kappa shape index (κ2) is 10.9. The van der Waals surface area contributed by atoms with Crippen molar-refractivity contribution >= 4 is 49.8 Å². The Morgan fingerprint density at radius 2 is 1.35 bits per heavy atom. The summed E-state index contributed by atoms with van der Waals surface area (Å²) in [7, 11) is 0. The molecule has 2 aromatic heterocycles. The van der Waals surface area contributed by atoms with Crippen LogP contribution in [0.2, 0.25) is 0 Å². The van der Waals surface area contributed by atoms with Crippen LogP contribution >= 0.6 is 0 Å². The fourth-order valence-corrected chi connectivity index (χ4v) is 6.31. The zero-order chi connectivity index (χ0) is 32.3. The van der Waals surface area contributed by atoms with Gasteiger partial charge in [0.15, 0.2) is 6.29 Å². The van der Waals surface area contributed by atoms with Crippen molar-refractivity contribution in [2.24, 2.45) is 0 Å². The molecule has 0 fully saturated rings. The Labute approximate surface area is 259 Å². The highest BCUT2D eigenvalue weighted by molar-refractivity contribution is 6.26. The van der Waals surface area contributed by atoms with Gasteiger partial charge >= 0.3 is 6.18 Å². The van der Waals surface area contributed by atoms with Crippen molar-refractivity contribution in [2.45, 2.75) is 33.0 Å². The minimum atomic E-state index is -4.43. The Morgan fingerprint density at radius 1 is 0.739 bits per heavy atom. The minimum Gasteiger partial charge on any atom is -0.494 e. The average Bonchev–Trinajstić information content (AvgIpc) is 3.03. The Kier molecular flexibility index (Phi) is 6.92. The SMILES string of the molecule is Cc1cc(OCCCn2c(=O)c3ccc4oc5ccc(-c6ccc(C(F)(F)F)cc6)cc5c5ccc(c2=O)c3c45)cc(C)c1C=O. The molecule has 6 nitrogen and oxygen atoms in total. The van der Waals surface area contributed by atoms with E-state index < -0.39 is 22.9 Å². The Morgan fingerprint density at radius 3 is 2.00 bits per heavy atom. The van der Waals surface area contributed by atoms with E-state index in [1.807, 2.05) is 26.0 Å². The molecule has 0 N–H and O–H groups in total. The van der Waals surface area contributed by atoms with Gasteiger partial charge in [-0.25, -0.2) is 0 Å². The number of pyridine rings is 1. The molecule has 0 saturated carbocycles. The van der Waals surface area contributed by atoms with Crippen LogP contribution in [0.1, 0.15) is 33.5 Å². The van der Waals surface area contributed by atoms with Gasteiger partial charge in [-0.2, -0.15) is 13.2 Å². The Hall–Kier alpha value is -5.44. The molecule has 5 aromatic carbocycles. The van der Waals surface area contributed by atoms with Crippen molar-refractivity contribution in [3.63, 3.8) is 0 Å². The zero-order valence-electron chi connectivity index (χ0n) is 24.8. The van der Waals surface area contributed by atoms with Gasteiger partial charge in [0.1, 0.15) is 16.9 Å². The number of carbonyl (C=O) groups excluding carboxylic acids is 1. The number of aldehydes is 1. The molecule has 0 radical (unpaired) electrons. The summed E-state index contributed by atoms with van der Waals surface area (Å²) in [6, 6.07) is 20.9. The maximum atomic E-state index is 13.7. The van der Waals surface area contributed by atoms with E-state index in [1.165, 1.54) is 16.7 Å². The number of rotatable bonds is 7. The lowest BCUT2D eigenvalue weighted by Crippen LogP contribution is -2.33. The first-order chi connectivity index (χ1) is 22.0. The normalized spacial score (nSPS) is 12.1. The quantitative estimate of drug-likeness (QED) is 0.0773. The number of hydrogen-bond acceptors (Lipinski definition) is 5. The molecule has 0 amide bonds. The predicted octanol–water partition coefficient (Wildman–Crippen LogP) is 8.44. The van der Waals surface area contributed by atoms with Gasteiger partial charge in [-0.05, 0) is 103 Å². The van der Waals surface area contributed by atoms with Crippen molar-refractivity contribution in [3.8, 4) is 16.9 Å². The van der Waals surface area contributed by atoms with Crippen LogP contribution in [0.3, 0.4) is 0 Å². The molecule has 7 rings (SSSR count). The van der Waals surface area contributed by atoms with Crippen molar-refractivity contribution in [2.75, 3.05) is 6.61 Å². The first kappa shape index (κ1) is 29.3. The molecule has 0 aliphatic rings. The number of carbonyl (C=O) groups is 1. The largest absolute Gasteiger partial charge is 0.494 e. The molecule has 0 unspecified atom stereocenters. The molecular formula is C37H26F3NO5. The summed E-state index contributed by atoms with van der Waals surface area (Å²) in [4.78, 5) is 38.6. The predicted molar refractivity (Wildman–Crippen MR) is 172 cm³/mol. The van der Waals surface area contributed by atoms with E-state index in [0.29, 0.717) is 67.0 Å². The second-order valence-corrected chi connectivity index (χ2v) is 11.5. The van der Waals surface area contributed by atoms with Gasteiger partial charge in [0.05, 0.1) is 12.2 Å². The van der Waals surface area contributed by atoms with Crippen LogP contribution in [0.15, 0.2) is 92.9 Å². The van der Waals surface area contributed by atoms with Crippen LogP contribution in [-0.4, -0.2) is 17.5 Å². The molecular weight excluding hydrogens is 595 g/mol. The number of aromatic nitrogens is 1. The summed E-state index contributed by atoms with van der Waals surface area (Å²) >= 11 is 0. The monoisotopic (exact) mass is 621 g/mol. The first-order valence-electron chi connectivity index (χ1n) is 14.7. The minimum absolute atomic E-state index is 0.155. The molecule has 230 valence electrons. The van der Waals surface area contributed by atoms with Gasteiger partial charge in [-0.15, -0.1) is 0 Å². The summed E-state index contributed by atoms with van der Waals surface area (Å²) in [5.74, 6) is 0.614. The molecule has 7 aromatic rings. The lowest BCUT2D eigenvalue weighted by atomic mass is 9.95. The van der Waals surface area contributed by atoms with Crippen molar-refractivity contribution < 1.29 is 27.1 Å². The summed E-state index contributed by atoms with van der Waals surface area (Å²) in [5.41, 5.74) is 3.09. The molecule has 0 atom stereocenters. The topological polar surface area (TPSA) is 78.5 Å². The number of fused-ring (bicyclic) bond motifs is 2. The number of hydrogen-bond donors (Lipinski definition) is 0. The van der Waals surface area contributed by atoms with Crippen LogP contribution in [0.4, 0.5) is 13.2 Å². The Bertz CT molecular complexity index is 2380. The third kappa shape index (κ3) is 4.79. The van der Waals surface area contributed by atoms with Crippen molar-refractivity contribution in [1.82, 2.24) is 4.57 Å². The first-order valence-corrected chi connectivity index (χ1v) is 14.7. The van der Waals surface area contributed by atoms with Gasteiger partial charge in [-0.3, -0.25) is 19.0 Å². The molecule has 46 heavy (non-hydrogen) atoms. The van der Waals surface area contributed by atoms with Crippen LogP contribution in [-0.2, 0) is 12.7 Å².